The van der Waals surface area contributed by atoms with Crippen molar-refractivity contribution in [1.29, 1.82) is 0 Å². The van der Waals surface area contributed by atoms with Gasteiger partial charge in [0.1, 0.15) is 19.0 Å². The number of benzene rings is 2. The lowest BCUT2D eigenvalue weighted by Gasteiger charge is -2.32. The highest BCUT2D eigenvalue weighted by Gasteiger charge is 2.21. The van der Waals surface area contributed by atoms with Gasteiger partial charge in [-0.2, -0.15) is 0 Å². The van der Waals surface area contributed by atoms with Crippen LogP contribution in [0.25, 0.3) is 10.9 Å². The number of piperidine rings is 1. The molecular weight excluding hydrogens is 512 g/mol. The smallest absolute Gasteiger partial charge is 0.252 e. The Kier molecular flexibility index (Phi) is 9.20. The fourth-order valence-electron chi connectivity index (χ4n) is 5.33. The van der Waals surface area contributed by atoms with Crippen LogP contribution < -0.4 is 30.4 Å². The van der Waals surface area contributed by atoms with E-state index in [1.165, 1.54) is 11.6 Å². The molecule has 0 radical (unpaired) electrons. The lowest BCUT2D eigenvalue weighted by molar-refractivity contribution is 0.0938. The summed E-state index contributed by atoms with van der Waals surface area (Å²) in [5, 5.41) is 7.22. The third-order valence-electron chi connectivity index (χ3n) is 7.58. The Labute approximate surface area is 234 Å². The van der Waals surface area contributed by atoms with Crippen molar-refractivity contribution in [3.63, 3.8) is 0 Å². The molecule has 40 heavy (non-hydrogen) atoms. The highest BCUT2D eigenvalue weighted by atomic mass is 16.6. The number of hydrogen-bond donors (Lipinski definition) is 2. The Bertz CT molecular complexity index is 1380. The van der Waals surface area contributed by atoms with Crippen molar-refractivity contribution < 1.29 is 23.7 Å². The summed E-state index contributed by atoms with van der Waals surface area (Å²) in [6.45, 7) is 5.94. The van der Waals surface area contributed by atoms with E-state index in [4.69, 9.17) is 18.9 Å². The van der Waals surface area contributed by atoms with Crippen molar-refractivity contribution in [2.75, 3.05) is 60.2 Å². The second-order valence-corrected chi connectivity index (χ2v) is 10.2. The van der Waals surface area contributed by atoms with E-state index in [2.05, 4.69) is 27.7 Å². The van der Waals surface area contributed by atoms with Crippen LogP contribution in [0.15, 0.2) is 47.3 Å². The number of carbonyl (C=O) groups excluding carboxylic acids is 1. The molecule has 0 aliphatic carbocycles. The lowest BCUT2D eigenvalue weighted by Crippen LogP contribution is -2.43. The van der Waals surface area contributed by atoms with E-state index in [1.807, 2.05) is 24.3 Å². The molecule has 0 atom stereocenters. The molecule has 0 bridgehead atoms. The number of rotatable bonds is 11. The van der Waals surface area contributed by atoms with Crippen LogP contribution in [0.1, 0.15) is 28.8 Å². The highest BCUT2D eigenvalue weighted by molar-refractivity contribution is 6.06. The molecule has 3 heterocycles. The summed E-state index contributed by atoms with van der Waals surface area (Å²) in [6, 6.07) is 13.5. The molecule has 0 unspecified atom stereocenters. The molecule has 1 aromatic heterocycles. The minimum absolute atomic E-state index is 0.200. The molecule has 1 amide bonds. The summed E-state index contributed by atoms with van der Waals surface area (Å²) in [6.07, 6.45) is 2.07. The van der Waals surface area contributed by atoms with Crippen molar-refractivity contribution in [2.45, 2.75) is 32.0 Å². The maximum atomic E-state index is 13.2. The number of pyridine rings is 1. The Balaban J connectivity index is 1.19. The first-order valence-corrected chi connectivity index (χ1v) is 13.9. The van der Waals surface area contributed by atoms with Gasteiger partial charge in [-0.1, -0.05) is 6.07 Å². The number of fused-ring (bicyclic) bond motifs is 2. The summed E-state index contributed by atoms with van der Waals surface area (Å²) in [4.78, 5) is 28.4. The van der Waals surface area contributed by atoms with Gasteiger partial charge in [-0.15, -0.1) is 0 Å². The predicted octanol–water partition coefficient (Wildman–Crippen LogP) is 2.41. The fraction of sp³-hybridized carbons (Fsp3) is 0.467. The van der Waals surface area contributed by atoms with Crippen LogP contribution in [0.3, 0.4) is 0 Å². The molecule has 2 aromatic carbocycles. The summed E-state index contributed by atoms with van der Waals surface area (Å²) in [5.41, 5.74) is 2.04. The van der Waals surface area contributed by atoms with E-state index >= 15 is 0 Å². The second kappa shape index (κ2) is 13.2. The SMILES string of the molecule is COCCNC(=O)c1cc(=O)n(CCN2CCC(NCc3ccc4c(c3)OCCO4)CC2)c2cc(OC)ccc12. The van der Waals surface area contributed by atoms with Gasteiger partial charge in [-0.05, 0) is 55.8 Å². The molecule has 2 aliphatic heterocycles. The number of likely N-dealkylation sites (tertiary alicyclic amines) is 1. The fourth-order valence-corrected chi connectivity index (χ4v) is 5.33. The van der Waals surface area contributed by atoms with Gasteiger partial charge in [0.15, 0.2) is 11.5 Å². The first kappa shape index (κ1) is 27.9. The molecule has 1 fully saturated rings. The predicted molar refractivity (Wildman–Crippen MR) is 153 cm³/mol. The average Bonchev–Trinajstić information content (AvgIpc) is 2.99. The monoisotopic (exact) mass is 550 g/mol. The zero-order valence-electron chi connectivity index (χ0n) is 23.2. The minimum Gasteiger partial charge on any atom is -0.497 e. The molecule has 0 spiro atoms. The number of methoxy groups -OCH3 is 2. The van der Waals surface area contributed by atoms with E-state index in [0.717, 1.165) is 55.9 Å². The highest BCUT2D eigenvalue weighted by Crippen LogP contribution is 2.31. The molecule has 2 aliphatic rings. The topological polar surface area (TPSA) is 103 Å². The Morgan fingerprint density at radius 1 is 1.00 bits per heavy atom. The van der Waals surface area contributed by atoms with E-state index in [1.54, 1.807) is 18.8 Å². The maximum absolute atomic E-state index is 13.2. The number of ether oxygens (including phenoxy) is 4. The number of hydrogen-bond acceptors (Lipinski definition) is 8. The summed E-state index contributed by atoms with van der Waals surface area (Å²) < 4.78 is 23.5. The first-order chi connectivity index (χ1) is 19.6. The van der Waals surface area contributed by atoms with Crippen LogP contribution in [0.5, 0.6) is 17.2 Å². The molecule has 1 saturated heterocycles. The van der Waals surface area contributed by atoms with Gasteiger partial charge in [0.05, 0.1) is 24.8 Å². The van der Waals surface area contributed by atoms with Crippen LogP contribution in [-0.2, 0) is 17.8 Å². The zero-order chi connectivity index (χ0) is 27.9. The molecule has 10 heteroatoms. The molecule has 5 rings (SSSR count). The molecule has 214 valence electrons. The zero-order valence-corrected chi connectivity index (χ0v) is 23.2. The van der Waals surface area contributed by atoms with Gasteiger partial charge < -0.3 is 39.0 Å². The summed E-state index contributed by atoms with van der Waals surface area (Å²) in [7, 11) is 3.17. The largest absolute Gasteiger partial charge is 0.497 e. The molecule has 0 saturated carbocycles. The van der Waals surface area contributed by atoms with Crippen molar-refractivity contribution in [2.24, 2.45) is 0 Å². The van der Waals surface area contributed by atoms with Crippen LogP contribution in [0.4, 0.5) is 0 Å². The summed E-state index contributed by atoms with van der Waals surface area (Å²) >= 11 is 0. The molecule has 2 N–H and O–H groups in total. The Morgan fingerprint density at radius 2 is 1.80 bits per heavy atom. The van der Waals surface area contributed by atoms with Gasteiger partial charge in [0.2, 0.25) is 0 Å². The van der Waals surface area contributed by atoms with Gasteiger partial charge in [-0.25, -0.2) is 0 Å². The normalized spacial score (nSPS) is 15.8. The number of nitrogens with zero attached hydrogens (tertiary/aromatic N) is 2. The van der Waals surface area contributed by atoms with Crippen molar-refractivity contribution in [3.05, 3.63) is 63.9 Å². The van der Waals surface area contributed by atoms with Gasteiger partial charge in [0, 0.05) is 56.8 Å². The number of carbonyl (C=O) groups is 1. The third kappa shape index (κ3) is 6.57. The average molecular weight is 551 g/mol. The van der Waals surface area contributed by atoms with Crippen LogP contribution >= 0.6 is 0 Å². The van der Waals surface area contributed by atoms with Gasteiger partial charge in [0.25, 0.3) is 11.5 Å². The Morgan fingerprint density at radius 3 is 2.58 bits per heavy atom. The molecule has 10 nitrogen and oxygen atoms in total. The minimum atomic E-state index is -0.290. The second-order valence-electron chi connectivity index (χ2n) is 10.2. The van der Waals surface area contributed by atoms with E-state index < -0.39 is 0 Å². The lowest BCUT2D eigenvalue weighted by atomic mass is 10.0. The number of aromatic nitrogens is 1. The van der Waals surface area contributed by atoms with Crippen LogP contribution in [0.2, 0.25) is 0 Å². The van der Waals surface area contributed by atoms with E-state index in [-0.39, 0.29) is 11.5 Å². The van der Waals surface area contributed by atoms with Crippen LogP contribution in [0, 0.1) is 0 Å². The van der Waals surface area contributed by atoms with Crippen molar-refractivity contribution in [1.82, 2.24) is 20.1 Å². The quantitative estimate of drug-likeness (QED) is 0.351. The standard InChI is InChI=1S/C30H38N4O6/c1-37-14-9-31-30(36)25-19-29(35)34(26-18-23(38-2)4-5-24(25)26)13-12-33-10-7-22(8-11-33)32-20-21-3-6-27-28(17-21)40-16-15-39-27/h3-6,17-19,22,32H,7-16,20H2,1-2H3,(H,31,36). The Hall–Kier alpha value is -3.60. The van der Waals surface area contributed by atoms with Crippen LogP contribution in [-0.4, -0.2) is 81.6 Å². The van der Waals surface area contributed by atoms with Crippen molar-refractivity contribution in [3.8, 4) is 17.2 Å². The van der Waals surface area contributed by atoms with E-state index in [9.17, 15) is 9.59 Å². The van der Waals surface area contributed by atoms with Crippen molar-refractivity contribution >= 4 is 16.8 Å². The third-order valence-corrected chi connectivity index (χ3v) is 7.58. The maximum Gasteiger partial charge on any atom is 0.252 e. The van der Waals surface area contributed by atoms with Gasteiger partial charge in [-0.3, -0.25) is 9.59 Å². The number of nitrogens with one attached hydrogen (secondary N) is 2. The molecule has 3 aromatic rings. The molecular formula is C30H38N4O6. The summed E-state index contributed by atoms with van der Waals surface area (Å²) in [5.74, 6) is 1.99. The van der Waals surface area contributed by atoms with E-state index in [0.29, 0.717) is 55.8 Å². The number of amides is 1. The first-order valence-electron chi connectivity index (χ1n) is 13.9. The van der Waals surface area contributed by atoms with Gasteiger partial charge >= 0.3 is 0 Å².